The summed E-state index contributed by atoms with van der Waals surface area (Å²) in [6.45, 7) is 3.14. The molecule has 4 nitrogen and oxygen atoms in total. The minimum Gasteiger partial charge on any atom is -0.483 e. The van der Waals surface area contributed by atoms with Crippen LogP contribution in [0.2, 0.25) is 0 Å². The number of ether oxygens (including phenoxy) is 1. The maximum atomic E-state index is 12.1. The van der Waals surface area contributed by atoms with Crippen LogP contribution < -0.4 is 4.74 Å². The zero-order chi connectivity index (χ0) is 14.4. The van der Waals surface area contributed by atoms with Gasteiger partial charge in [0.1, 0.15) is 5.75 Å². The van der Waals surface area contributed by atoms with E-state index in [2.05, 4.69) is 0 Å². The average molecular weight is 275 g/mol. The zero-order valence-electron chi connectivity index (χ0n) is 11.9. The van der Waals surface area contributed by atoms with Gasteiger partial charge in [-0.15, -0.1) is 0 Å². The molecule has 0 atom stereocenters. The van der Waals surface area contributed by atoms with Gasteiger partial charge in [-0.25, -0.2) is 0 Å². The molecule has 0 N–H and O–H groups in total. The van der Waals surface area contributed by atoms with Gasteiger partial charge < -0.3 is 9.64 Å². The fraction of sp³-hybridized carbons (Fsp3) is 0.500. The summed E-state index contributed by atoms with van der Waals surface area (Å²) in [5.74, 6) is 0.441. The van der Waals surface area contributed by atoms with E-state index in [4.69, 9.17) is 4.74 Å². The lowest BCUT2D eigenvalue weighted by Crippen LogP contribution is -2.35. The molecule has 2 rings (SSSR count). The standard InChI is InChI=1S/C16H21NO3/c1-13(18)14-8-4-5-9-15(14)20-12-16(19)17-10-6-2-3-7-11-17/h4-5,8-9H,2-3,6-7,10-12H2,1H3. The molecule has 20 heavy (non-hydrogen) atoms. The van der Waals surface area contributed by atoms with Gasteiger partial charge in [0, 0.05) is 13.1 Å². The maximum absolute atomic E-state index is 12.1. The Bertz CT molecular complexity index is 476. The third kappa shape index (κ3) is 3.83. The summed E-state index contributed by atoms with van der Waals surface area (Å²) in [7, 11) is 0. The van der Waals surface area contributed by atoms with E-state index in [-0.39, 0.29) is 18.3 Å². The van der Waals surface area contributed by atoms with Crippen LogP contribution in [0.5, 0.6) is 5.75 Å². The van der Waals surface area contributed by atoms with E-state index in [0.29, 0.717) is 11.3 Å². The fourth-order valence-electron chi connectivity index (χ4n) is 2.43. The van der Waals surface area contributed by atoms with E-state index < -0.39 is 0 Å². The van der Waals surface area contributed by atoms with Gasteiger partial charge in [0.25, 0.3) is 5.91 Å². The van der Waals surface area contributed by atoms with E-state index in [9.17, 15) is 9.59 Å². The molecule has 1 aromatic carbocycles. The number of hydrogen-bond acceptors (Lipinski definition) is 3. The van der Waals surface area contributed by atoms with Crippen LogP contribution in [0.25, 0.3) is 0 Å². The highest BCUT2D eigenvalue weighted by Gasteiger charge is 2.17. The predicted molar refractivity (Wildman–Crippen MR) is 77.0 cm³/mol. The Balaban J connectivity index is 1.94. The van der Waals surface area contributed by atoms with Crippen LogP contribution >= 0.6 is 0 Å². The molecule has 0 spiro atoms. The normalized spacial score (nSPS) is 15.6. The second-order valence-electron chi connectivity index (χ2n) is 5.14. The molecule has 1 amide bonds. The third-order valence-electron chi connectivity index (χ3n) is 3.58. The van der Waals surface area contributed by atoms with Gasteiger partial charge in [0.05, 0.1) is 5.56 Å². The lowest BCUT2D eigenvalue weighted by atomic mass is 10.1. The fourth-order valence-corrected chi connectivity index (χ4v) is 2.43. The molecule has 1 aliphatic rings. The molecule has 0 aliphatic carbocycles. The van der Waals surface area contributed by atoms with Crippen molar-refractivity contribution in [1.82, 2.24) is 4.90 Å². The van der Waals surface area contributed by atoms with Crippen LogP contribution in [-0.4, -0.2) is 36.3 Å². The van der Waals surface area contributed by atoms with Crippen LogP contribution in [0.3, 0.4) is 0 Å². The number of amides is 1. The molecule has 0 radical (unpaired) electrons. The van der Waals surface area contributed by atoms with Crippen LogP contribution in [0.1, 0.15) is 43.0 Å². The Morgan fingerprint density at radius 3 is 2.40 bits per heavy atom. The van der Waals surface area contributed by atoms with E-state index >= 15 is 0 Å². The van der Waals surface area contributed by atoms with Gasteiger partial charge in [-0.3, -0.25) is 9.59 Å². The summed E-state index contributed by atoms with van der Waals surface area (Å²) in [6.07, 6.45) is 4.52. The van der Waals surface area contributed by atoms with Crippen molar-refractivity contribution in [2.24, 2.45) is 0 Å². The molecular weight excluding hydrogens is 254 g/mol. The number of rotatable bonds is 4. The number of nitrogens with zero attached hydrogens (tertiary/aromatic N) is 1. The van der Waals surface area contributed by atoms with E-state index in [1.807, 2.05) is 4.90 Å². The van der Waals surface area contributed by atoms with Gasteiger partial charge in [0.15, 0.2) is 12.4 Å². The zero-order valence-corrected chi connectivity index (χ0v) is 11.9. The first-order chi connectivity index (χ1) is 9.68. The summed E-state index contributed by atoms with van der Waals surface area (Å²) < 4.78 is 5.54. The van der Waals surface area contributed by atoms with Gasteiger partial charge in [-0.05, 0) is 31.9 Å². The molecule has 1 fully saturated rings. The molecule has 108 valence electrons. The topological polar surface area (TPSA) is 46.6 Å². The van der Waals surface area contributed by atoms with Gasteiger partial charge >= 0.3 is 0 Å². The van der Waals surface area contributed by atoms with Crippen molar-refractivity contribution in [2.45, 2.75) is 32.6 Å². The van der Waals surface area contributed by atoms with Crippen molar-refractivity contribution in [3.05, 3.63) is 29.8 Å². The Kier molecular flexibility index (Phi) is 5.16. The highest BCUT2D eigenvalue weighted by molar-refractivity contribution is 5.96. The maximum Gasteiger partial charge on any atom is 0.260 e. The van der Waals surface area contributed by atoms with E-state index in [1.165, 1.54) is 19.8 Å². The molecule has 0 saturated carbocycles. The van der Waals surface area contributed by atoms with Crippen LogP contribution in [0.15, 0.2) is 24.3 Å². The summed E-state index contributed by atoms with van der Waals surface area (Å²) in [5, 5.41) is 0. The molecule has 0 unspecified atom stereocenters. The van der Waals surface area contributed by atoms with Crippen LogP contribution in [0, 0.1) is 0 Å². The highest BCUT2D eigenvalue weighted by Crippen LogP contribution is 2.18. The van der Waals surface area contributed by atoms with Crippen LogP contribution in [-0.2, 0) is 4.79 Å². The Labute approximate surface area is 119 Å². The quantitative estimate of drug-likeness (QED) is 0.794. The highest BCUT2D eigenvalue weighted by atomic mass is 16.5. The molecular formula is C16H21NO3. The Morgan fingerprint density at radius 1 is 1.10 bits per heavy atom. The lowest BCUT2D eigenvalue weighted by Gasteiger charge is -2.20. The second-order valence-corrected chi connectivity index (χ2v) is 5.14. The molecule has 1 heterocycles. The molecule has 0 bridgehead atoms. The number of carbonyl (C=O) groups is 2. The minimum atomic E-state index is -0.0529. The molecule has 1 saturated heterocycles. The second kappa shape index (κ2) is 7.08. The lowest BCUT2D eigenvalue weighted by molar-refractivity contribution is -0.133. The predicted octanol–water partition coefficient (Wildman–Crippen LogP) is 2.67. The Morgan fingerprint density at radius 2 is 1.75 bits per heavy atom. The molecule has 0 aromatic heterocycles. The number of hydrogen-bond donors (Lipinski definition) is 0. The molecule has 1 aliphatic heterocycles. The van der Waals surface area contributed by atoms with Crippen molar-refractivity contribution in [2.75, 3.05) is 19.7 Å². The first kappa shape index (κ1) is 14.6. The average Bonchev–Trinajstić information content (AvgIpc) is 2.74. The number of Topliss-reactive ketones (excluding diaryl/α,β-unsaturated/α-hetero) is 1. The summed E-state index contributed by atoms with van der Waals surface area (Å²) >= 11 is 0. The number of likely N-dealkylation sites (tertiary alicyclic amines) is 1. The van der Waals surface area contributed by atoms with Crippen molar-refractivity contribution in [1.29, 1.82) is 0 Å². The molecule has 4 heteroatoms. The van der Waals surface area contributed by atoms with Gasteiger partial charge in [-0.2, -0.15) is 0 Å². The van der Waals surface area contributed by atoms with E-state index in [1.54, 1.807) is 24.3 Å². The van der Waals surface area contributed by atoms with Gasteiger partial charge in [0.2, 0.25) is 0 Å². The van der Waals surface area contributed by atoms with E-state index in [0.717, 1.165) is 25.9 Å². The van der Waals surface area contributed by atoms with Crippen LogP contribution in [0.4, 0.5) is 0 Å². The monoisotopic (exact) mass is 275 g/mol. The molecule has 1 aromatic rings. The third-order valence-corrected chi connectivity index (χ3v) is 3.58. The number of para-hydroxylation sites is 1. The largest absolute Gasteiger partial charge is 0.483 e. The van der Waals surface area contributed by atoms with Crippen molar-refractivity contribution in [3.8, 4) is 5.75 Å². The minimum absolute atomic E-state index is 0.00426. The summed E-state index contributed by atoms with van der Waals surface area (Å²) in [5.41, 5.74) is 0.524. The number of carbonyl (C=O) groups excluding carboxylic acids is 2. The number of benzene rings is 1. The first-order valence-electron chi connectivity index (χ1n) is 7.19. The van der Waals surface area contributed by atoms with Crippen molar-refractivity contribution in [3.63, 3.8) is 0 Å². The summed E-state index contributed by atoms with van der Waals surface area (Å²) in [6, 6.07) is 7.04. The van der Waals surface area contributed by atoms with Gasteiger partial charge in [-0.1, -0.05) is 25.0 Å². The number of ketones is 1. The SMILES string of the molecule is CC(=O)c1ccccc1OCC(=O)N1CCCCCC1. The Hall–Kier alpha value is -1.84. The van der Waals surface area contributed by atoms with Crippen molar-refractivity contribution >= 4 is 11.7 Å². The summed E-state index contributed by atoms with van der Waals surface area (Å²) in [4.78, 5) is 25.5. The smallest absolute Gasteiger partial charge is 0.260 e. The first-order valence-corrected chi connectivity index (χ1v) is 7.19. The van der Waals surface area contributed by atoms with Crippen molar-refractivity contribution < 1.29 is 14.3 Å².